The molecule has 3 nitrogen and oxygen atoms in total. The standard InChI is InChI=1S/C12H26N2O/c1-7-12(5,6)14-11(15)8-13-10(4)9(2)3/h9-10,13H,7-8H2,1-6H3,(H,14,15). The van der Waals surface area contributed by atoms with Crippen LogP contribution in [0.2, 0.25) is 0 Å². The van der Waals surface area contributed by atoms with Gasteiger partial charge in [-0.15, -0.1) is 0 Å². The Morgan fingerprint density at radius 2 is 1.80 bits per heavy atom. The van der Waals surface area contributed by atoms with Gasteiger partial charge in [-0.2, -0.15) is 0 Å². The zero-order valence-corrected chi connectivity index (χ0v) is 11.0. The van der Waals surface area contributed by atoms with Crippen LogP contribution in [0.25, 0.3) is 0 Å². The van der Waals surface area contributed by atoms with Crippen molar-refractivity contribution in [3.05, 3.63) is 0 Å². The number of amides is 1. The Morgan fingerprint density at radius 1 is 1.27 bits per heavy atom. The molecule has 0 fully saturated rings. The van der Waals surface area contributed by atoms with Crippen LogP contribution in [0.4, 0.5) is 0 Å². The molecule has 1 unspecified atom stereocenters. The first-order chi connectivity index (χ1) is 6.78. The minimum Gasteiger partial charge on any atom is -0.350 e. The van der Waals surface area contributed by atoms with Crippen LogP contribution in [0.3, 0.4) is 0 Å². The Morgan fingerprint density at radius 3 is 2.20 bits per heavy atom. The molecule has 1 atom stereocenters. The average molecular weight is 214 g/mol. The monoisotopic (exact) mass is 214 g/mol. The highest BCUT2D eigenvalue weighted by Gasteiger charge is 2.18. The number of nitrogens with one attached hydrogen (secondary N) is 2. The molecule has 3 heteroatoms. The maximum atomic E-state index is 11.6. The van der Waals surface area contributed by atoms with E-state index in [-0.39, 0.29) is 11.4 Å². The minimum atomic E-state index is -0.0974. The summed E-state index contributed by atoms with van der Waals surface area (Å²) in [5.74, 6) is 0.631. The van der Waals surface area contributed by atoms with E-state index in [0.717, 1.165) is 6.42 Å². The van der Waals surface area contributed by atoms with Gasteiger partial charge in [-0.3, -0.25) is 4.79 Å². The van der Waals surface area contributed by atoms with Crippen molar-refractivity contribution in [2.24, 2.45) is 5.92 Å². The maximum Gasteiger partial charge on any atom is 0.234 e. The molecule has 1 amide bonds. The minimum absolute atomic E-state index is 0.0781. The van der Waals surface area contributed by atoms with Crippen molar-refractivity contribution in [3.8, 4) is 0 Å². The molecule has 0 bridgehead atoms. The van der Waals surface area contributed by atoms with Crippen molar-refractivity contribution in [2.75, 3.05) is 6.54 Å². The highest BCUT2D eigenvalue weighted by Crippen LogP contribution is 2.06. The predicted octanol–water partition coefficient (Wildman–Crippen LogP) is 1.93. The molecular formula is C12H26N2O. The Labute approximate surface area is 94.0 Å². The predicted molar refractivity (Wildman–Crippen MR) is 64.8 cm³/mol. The Kier molecular flexibility index (Phi) is 5.88. The molecule has 0 saturated carbocycles. The van der Waals surface area contributed by atoms with Gasteiger partial charge in [0.25, 0.3) is 0 Å². The van der Waals surface area contributed by atoms with E-state index in [1.54, 1.807) is 0 Å². The van der Waals surface area contributed by atoms with E-state index in [2.05, 4.69) is 38.3 Å². The molecule has 0 aromatic carbocycles. The third-order valence-electron chi connectivity index (χ3n) is 2.95. The van der Waals surface area contributed by atoms with Crippen molar-refractivity contribution in [1.82, 2.24) is 10.6 Å². The molecule has 0 aromatic heterocycles. The first-order valence-corrected chi connectivity index (χ1v) is 5.83. The van der Waals surface area contributed by atoms with E-state index in [0.29, 0.717) is 18.5 Å². The van der Waals surface area contributed by atoms with Crippen molar-refractivity contribution in [2.45, 2.75) is 59.5 Å². The van der Waals surface area contributed by atoms with Crippen LogP contribution in [-0.4, -0.2) is 24.0 Å². The van der Waals surface area contributed by atoms with Crippen LogP contribution in [0.5, 0.6) is 0 Å². The summed E-state index contributed by atoms with van der Waals surface area (Å²) in [5, 5.41) is 6.22. The van der Waals surface area contributed by atoms with Crippen molar-refractivity contribution < 1.29 is 4.79 Å². The van der Waals surface area contributed by atoms with Gasteiger partial charge in [-0.1, -0.05) is 20.8 Å². The van der Waals surface area contributed by atoms with E-state index < -0.39 is 0 Å². The highest BCUT2D eigenvalue weighted by atomic mass is 16.2. The zero-order chi connectivity index (χ0) is 12.1. The highest BCUT2D eigenvalue weighted by molar-refractivity contribution is 5.78. The fourth-order valence-corrected chi connectivity index (χ4v) is 0.999. The van der Waals surface area contributed by atoms with Crippen LogP contribution in [0.15, 0.2) is 0 Å². The Hall–Kier alpha value is -0.570. The molecule has 0 rings (SSSR count). The van der Waals surface area contributed by atoms with Gasteiger partial charge in [-0.25, -0.2) is 0 Å². The fraction of sp³-hybridized carbons (Fsp3) is 0.917. The van der Waals surface area contributed by atoms with Gasteiger partial charge in [0.2, 0.25) is 5.91 Å². The van der Waals surface area contributed by atoms with Crippen molar-refractivity contribution >= 4 is 5.91 Å². The summed E-state index contributed by atoms with van der Waals surface area (Å²) >= 11 is 0. The first-order valence-electron chi connectivity index (χ1n) is 5.83. The van der Waals surface area contributed by atoms with Crippen LogP contribution in [-0.2, 0) is 4.79 Å². The molecule has 2 N–H and O–H groups in total. The number of carbonyl (C=O) groups is 1. The van der Waals surface area contributed by atoms with Gasteiger partial charge >= 0.3 is 0 Å². The number of hydrogen-bond acceptors (Lipinski definition) is 2. The second-order valence-corrected chi connectivity index (χ2v) is 5.20. The Bertz CT molecular complexity index is 200. The zero-order valence-electron chi connectivity index (χ0n) is 11.0. The third kappa shape index (κ3) is 6.50. The normalized spacial score (nSPS) is 14.1. The second kappa shape index (κ2) is 6.11. The van der Waals surface area contributed by atoms with Gasteiger partial charge in [0, 0.05) is 11.6 Å². The molecule has 0 aliphatic rings. The quantitative estimate of drug-likeness (QED) is 0.709. The summed E-state index contributed by atoms with van der Waals surface area (Å²) < 4.78 is 0. The molecule has 0 heterocycles. The number of rotatable bonds is 6. The fourth-order valence-electron chi connectivity index (χ4n) is 0.999. The van der Waals surface area contributed by atoms with Gasteiger partial charge in [0.15, 0.2) is 0 Å². The van der Waals surface area contributed by atoms with E-state index in [1.807, 2.05) is 13.8 Å². The summed E-state index contributed by atoms with van der Waals surface area (Å²) in [6.45, 7) is 12.9. The average Bonchev–Trinajstić information content (AvgIpc) is 2.13. The molecule has 0 radical (unpaired) electrons. The lowest BCUT2D eigenvalue weighted by Gasteiger charge is -2.25. The number of hydrogen-bond donors (Lipinski definition) is 2. The molecule has 0 spiro atoms. The Balaban J connectivity index is 3.86. The smallest absolute Gasteiger partial charge is 0.234 e. The lowest BCUT2D eigenvalue weighted by Crippen LogP contribution is -2.48. The summed E-state index contributed by atoms with van der Waals surface area (Å²) in [7, 11) is 0. The molecule has 0 aliphatic heterocycles. The number of carbonyl (C=O) groups excluding carboxylic acids is 1. The first kappa shape index (κ1) is 14.4. The van der Waals surface area contributed by atoms with E-state index in [4.69, 9.17) is 0 Å². The van der Waals surface area contributed by atoms with Gasteiger partial charge in [0.05, 0.1) is 6.54 Å². The van der Waals surface area contributed by atoms with E-state index in [9.17, 15) is 4.79 Å². The molecule has 0 aliphatic carbocycles. The molecule has 90 valence electrons. The van der Waals surface area contributed by atoms with Gasteiger partial charge in [0.1, 0.15) is 0 Å². The van der Waals surface area contributed by atoms with Crippen LogP contribution in [0, 0.1) is 5.92 Å². The van der Waals surface area contributed by atoms with E-state index in [1.165, 1.54) is 0 Å². The van der Waals surface area contributed by atoms with Gasteiger partial charge in [-0.05, 0) is 33.1 Å². The lowest BCUT2D eigenvalue weighted by molar-refractivity contribution is -0.122. The van der Waals surface area contributed by atoms with Crippen LogP contribution >= 0.6 is 0 Å². The van der Waals surface area contributed by atoms with Crippen molar-refractivity contribution in [3.63, 3.8) is 0 Å². The molecule has 15 heavy (non-hydrogen) atoms. The van der Waals surface area contributed by atoms with E-state index >= 15 is 0 Å². The third-order valence-corrected chi connectivity index (χ3v) is 2.95. The summed E-state index contributed by atoms with van der Waals surface area (Å²) in [5.41, 5.74) is -0.0974. The molecular weight excluding hydrogens is 188 g/mol. The summed E-state index contributed by atoms with van der Waals surface area (Å²) in [6, 6.07) is 0.375. The topological polar surface area (TPSA) is 41.1 Å². The van der Waals surface area contributed by atoms with Crippen LogP contribution < -0.4 is 10.6 Å². The molecule has 0 saturated heterocycles. The maximum absolute atomic E-state index is 11.6. The van der Waals surface area contributed by atoms with Crippen molar-refractivity contribution in [1.29, 1.82) is 0 Å². The second-order valence-electron chi connectivity index (χ2n) is 5.20. The summed E-state index contributed by atoms with van der Waals surface area (Å²) in [6.07, 6.45) is 0.943. The van der Waals surface area contributed by atoms with Gasteiger partial charge < -0.3 is 10.6 Å². The SMILES string of the molecule is CCC(C)(C)NC(=O)CNC(C)C(C)C. The lowest BCUT2D eigenvalue weighted by atomic mass is 10.0. The molecule has 0 aromatic rings. The van der Waals surface area contributed by atoms with Crippen LogP contribution in [0.1, 0.15) is 48.0 Å². The summed E-state index contributed by atoms with van der Waals surface area (Å²) in [4.78, 5) is 11.6. The largest absolute Gasteiger partial charge is 0.350 e.